The number of carbonyl (C=O) groups is 1. The first-order chi connectivity index (χ1) is 9.04. The zero-order valence-corrected chi connectivity index (χ0v) is 13.4. The molecule has 1 unspecified atom stereocenters. The number of hydrogen-bond acceptors (Lipinski definition) is 4. The van der Waals surface area contributed by atoms with Crippen molar-refractivity contribution >= 4 is 5.97 Å². The molecule has 0 amide bonds. The summed E-state index contributed by atoms with van der Waals surface area (Å²) >= 11 is 0. The number of nitrogens with zero attached hydrogens (tertiary/aromatic N) is 1. The summed E-state index contributed by atoms with van der Waals surface area (Å²) in [5.74, 6) is -0.122. The zero-order chi connectivity index (χ0) is 14.7. The van der Waals surface area contributed by atoms with Crippen molar-refractivity contribution in [2.45, 2.75) is 66.0 Å². The van der Waals surface area contributed by atoms with Crippen molar-refractivity contribution in [1.29, 1.82) is 0 Å². The fourth-order valence-electron chi connectivity index (χ4n) is 2.04. The summed E-state index contributed by atoms with van der Waals surface area (Å²) < 4.78 is 5.13. The van der Waals surface area contributed by atoms with Crippen LogP contribution in [0.1, 0.15) is 53.9 Å². The molecule has 114 valence electrons. The number of rotatable bonds is 11. The van der Waals surface area contributed by atoms with Crippen LogP contribution < -0.4 is 5.32 Å². The Morgan fingerprint density at radius 3 is 2.37 bits per heavy atom. The summed E-state index contributed by atoms with van der Waals surface area (Å²) in [6, 6.07) is 0.107. The van der Waals surface area contributed by atoms with Crippen molar-refractivity contribution in [2.75, 3.05) is 26.2 Å². The standard InChI is InChI=1S/C15H32N2O2/c1-6-9-11-17(7-2)12-10-14(16-13(4)5)15(18)19-8-3/h13-14,16H,6-12H2,1-5H3. The lowest BCUT2D eigenvalue weighted by molar-refractivity contribution is -0.146. The molecular weight excluding hydrogens is 240 g/mol. The number of esters is 1. The summed E-state index contributed by atoms with van der Waals surface area (Å²) in [6.07, 6.45) is 3.24. The summed E-state index contributed by atoms with van der Waals surface area (Å²) in [4.78, 5) is 14.3. The maximum Gasteiger partial charge on any atom is 0.323 e. The van der Waals surface area contributed by atoms with Gasteiger partial charge in [-0.3, -0.25) is 4.79 Å². The van der Waals surface area contributed by atoms with E-state index in [0.717, 1.165) is 26.1 Å². The molecule has 0 fully saturated rings. The average molecular weight is 272 g/mol. The lowest BCUT2D eigenvalue weighted by Gasteiger charge is -2.24. The van der Waals surface area contributed by atoms with Crippen molar-refractivity contribution in [3.63, 3.8) is 0 Å². The molecule has 0 aromatic carbocycles. The number of nitrogens with one attached hydrogen (secondary N) is 1. The molecule has 4 nitrogen and oxygen atoms in total. The van der Waals surface area contributed by atoms with Gasteiger partial charge in [-0.05, 0) is 32.9 Å². The Morgan fingerprint density at radius 1 is 1.21 bits per heavy atom. The molecule has 0 saturated carbocycles. The molecule has 0 aromatic heterocycles. The van der Waals surface area contributed by atoms with Crippen LogP contribution in [-0.2, 0) is 9.53 Å². The molecular formula is C15H32N2O2. The Bertz CT molecular complexity index is 232. The van der Waals surface area contributed by atoms with Crippen LogP contribution in [0.5, 0.6) is 0 Å². The van der Waals surface area contributed by atoms with E-state index in [0.29, 0.717) is 12.6 Å². The lowest BCUT2D eigenvalue weighted by Crippen LogP contribution is -2.44. The Morgan fingerprint density at radius 2 is 1.89 bits per heavy atom. The smallest absolute Gasteiger partial charge is 0.323 e. The highest BCUT2D eigenvalue weighted by atomic mass is 16.5. The van der Waals surface area contributed by atoms with Crippen molar-refractivity contribution in [3.05, 3.63) is 0 Å². The van der Waals surface area contributed by atoms with Crippen LogP contribution in [0.2, 0.25) is 0 Å². The minimum atomic E-state index is -0.185. The molecule has 0 aliphatic carbocycles. The van der Waals surface area contributed by atoms with Crippen LogP contribution in [0, 0.1) is 0 Å². The van der Waals surface area contributed by atoms with Crippen LogP contribution in [0.25, 0.3) is 0 Å². The van der Waals surface area contributed by atoms with E-state index in [1.165, 1.54) is 12.8 Å². The van der Waals surface area contributed by atoms with E-state index in [9.17, 15) is 4.79 Å². The van der Waals surface area contributed by atoms with E-state index in [1.54, 1.807) is 0 Å². The maximum atomic E-state index is 11.9. The quantitative estimate of drug-likeness (QED) is 0.587. The molecule has 1 N–H and O–H groups in total. The van der Waals surface area contributed by atoms with Crippen molar-refractivity contribution in [2.24, 2.45) is 0 Å². The first-order valence-electron chi connectivity index (χ1n) is 7.70. The topological polar surface area (TPSA) is 41.6 Å². The molecule has 19 heavy (non-hydrogen) atoms. The monoisotopic (exact) mass is 272 g/mol. The molecule has 4 heteroatoms. The van der Waals surface area contributed by atoms with E-state index >= 15 is 0 Å². The van der Waals surface area contributed by atoms with Gasteiger partial charge in [0.1, 0.15) is 6.04 Å². The molecule has 1 atom stereocenters. The SMILES string of the molecule is CCCCN(CC)CCC(NC(C)C)C(=O)OCC. The zero-order valence-electron chi connectivity index (χ0n) is 13.4. The number of unbranched alkanes of at least 4 members (excludes halogenated alkanes) is 1. The third-order valence-electron chi connectivity index (χ3n) is 3.11. The minimum Gasteiger partial charge on any atom is -0.465 e. The largest absolute Gasteiger partial charge is 0.465 e. The Hall–Kier alpha value is -0.610. The number of carbonyl (C=O) groups excluding carboxylic acids is 1. The Kier molecular flexibility index (Phi) is 10.9. The summed E-state index contributed by atoms with van der Waals surface area (Å²) in [6.45, 7) is 13.9. The van der Waals surface area contributed by atoms with Gasteiger partial charge in [0.25, 0.3) is 0 Å². The molecule has 0 aliphatic heterocycles. The first-order valence-corrected chi connectivity index (χ1v) is 7.70. The third kappa shape index (κ3) is 9.00. The minimum absolute atomic E-state index is 0.122. The molecule has 0 bridgehead atoms. The van der Waals surface area contributed by atoms with Gasteiger partial charge in [0.05, 0.1) is 6.61 Å². The Labute approximate surface area is 118 Å². The van der Waals surface area contributed by atoms with Gasteiger partial charge in [-0.1, -0.05) is 34.1 Å². The van der Waals surface area contributed by atoms with Gasteiger partial charge in [-0.15, -0.1) is 0 Å². The van der Waals surface area contributed by atoms with Crippen LogP contribution in [0.4, 0.5) is 0 Å². The molecule has 0 radical (unpaired) electrons. The second-order valence-electron chi connectivity index (χ2n) is 5.20. The summed E-state index contributed by atoms with van der Waals surface area (Å²) in [7, 11) is 0. The number of ether oxygens (including phenoxy) is 1. The number of hydrogen-bond donors (Lipinski definition) is 1. The van der Waals surface area contributed by atoms with Crippen LogP contribution >= 0.6 is 0 Å². The fourth-order valence-corrected chi connectivity index (χ4v) is 2.04. The first kappa shape index (κ1) is 18.4. The average Bonchev–Trinajstić information content (AvgIpc) is 2.37. The van der Waals surface area contributed by atoms with Gasteiger partial charge < -0.3 is 15.0 Å². The predicted molar refractivity (Wildman–Crippen MR) is 80.3 cm³/mol. The van der Waals surface area contributed by atoms with Crippen molar-refractivity contribution in [1.82, 2.24) is 10.2 Å². The van der Waals surface area contributed by atoms with Crippen molar-refractivity contribution in [3.8, 4) is 0 Å². The van der Waals surface area contributed by atoms with Gasteiger partial charge in [-0.25, -0.2) is 0 Å². The molecule has 0 saturated heterocycles. The van der Waals surface area contributed by atoms with E-state index in [-0.39, 0.29) is 12.0 Å². The van der Waals surface area contributed by atoms with Crippen molar-refractivity contribution < 1.29 is 9.53 Å². The van der Waals surface area contributed by atoms with E-state index < -0.39 is 0 Å². The van der Waals surface area contributed by atoms with Crippen LogP contribution in [0.3, 0.4) is 0 Å². The normalized spacial score (nSPS) is 13.0. The van der Waals surface area contributed by atoms with Gasteiger partial charge >= 0.3 is 5.97 Å². The second kappa shape index (κ2) is 11.2. The van der Waals surface area contributed by atoms with Gasteiger partial charge in [-0.2, -0.15) is 0 Å². The summed E-state index contributed by atoms with van der Waals surface area (Å²) in [5.41, 5.74) is 0. The van der Waals surface area contributed by atoms with E-state index in [1.807, 2.05) is 6.92 Å². The van der Waals surface area contributed by atoms with Crippen LogP contribution in [-0.4, -0.2) is 49.2 Å². The fraction of sp³-hybridized carbons (Fsp3) is 0.933. The molecule has 0 spiro atoms. The predicted octanol–water partition coefficient (Wildman–Crippen LogP) is 2.43. The van der Waals surface area contributed by atoms with Gasteiger partial charge in [0.15, 0.2) is 0 Å². The highest BCUT2D eigenvalue weighted by molar-refractivity contribution is 5.75. The molecule has 0 rings (SSSR count). The molecule has 0 aliphatic rings. The van der Waals surface area contributed by atoms with Gasteiger partial charge in [0, 0.05) is 12.6 Å². The van der Waals surface area contributed by atoms with Gasteiger partial charge in [0.2, 0.25) is 0 Å². The lowest BCUT2D eigenvalue weighted by atomic mass is 10.1. The Balaban J connectivity index is 4.25. The second-order valence-corrected chi connectivity index (χ2v) is 5.20. The molecule has 0 aromatic rings. The van der Waals surface area contributed by atoms with E-state index in [2.05, 4.69) is 37.9 Å². The van der Waals surface area contributed by atoms with E-state index in [4.69, 9.17) is 4.74 Å². The van der Waals surface area contributed by atoms with Crippen LogP contribution in [0.15, 0.2) is 0 Å². The third-order valence-corrected chi connectivity index (χ3v) is 3.11. The molecule has 0 heterocycles. The maximum absolute atomic E-state index is 11.9. The highest BCUT2D eigenvalue weighted by Crippen LogP contribution is 2.03. The summed E-state index contributed by atoms with van der Waals surface area (Å²) in [5, 5.41) is 3.30. The highest BCUT2D eigenvalue weighted by Gasteiger charge is 2.20.